The van der Waals surface area contributed by atoms with Crippen LogP contribution in [-0.2, 0) is 4.79 Å². The number of piperazine rings is 1. The lowest BCUT2D eigenvalue weighted by Gasteiger charge is -2.35. The molecule has 144 valence electrons. The van der Waals surface area contributed by atoms with Crippen molar-refractivity contribution >= 4 is 17.5 Å². The third-order valence-electron chi connectivity index (χ3n) is 5.63. The van der Waals surface area contributed by atoms with Gasteiger partial charge in [-0.15, -0.1) is 0 Å². The molecule has 2 fully saturated rings. The molecule has 6 heteroatoms. The highest BCUT2D eigenvalue weighted by molar-refractivity contribution is 6.30. The molecule has 0 radical (unpaired) electrons. The van der Waals surface area contributed by atoms with Gasteiger partial charge in [0.15, 0.2) is 0 Å². The number of hydrogen-bond donors (Lipinski definition) is 1. The predicted molar refractivity (Wildman–Crippen MR) is 103 cm³/mol. The van der Waals surface area contributed by atoms with Crippen molar-refractivity contribution in [2.75, 3.05) is 32.7 Å². The van der Waals surface area contributed by atoms with Gasteiger partial charge < -0.3 is 10.2 Å². The zero-order valence-electron chi connectivity index (χ0n) is 16.1. The van der Waals surface area contributed by atoms with Crippen molar-refractivity contribution in [3.05, 3.63) is 34.6 Å². The smallest absolute Gasteiger partial charge is 0.227 e. The van der Waals surface area contributed by atoms with E-state index in [9.17, 15) is 9.18 Å². The number of hydrogen-bond acceptors (Lipinski definition) is 3. The highest BCUT2D eigenvalue weighted by atomic mass is 35.5. The zero-order valence-corrected chi connectivity index (χ0v) is 16.8. The van der Waals surface area contributed by atoms with E-state index in [1.54, 1.807) is 12.1 Å². The van der Waals surface area contributed by atoms with Crippen LogP contribution in [0, 0.1) is 11.7 Å². The van der Waals surface area contributed by atoms with Crippen LogP contribution in [-0.4, -0.2) is 60.0 Å². The molecule has 4 nitrogen and oxygen atoms in total. The van der Waals surface area contributed by atoms with Gasteiger partial charge in [-0.05, 0) is 45.4 Å². The summed E-state index contributed by atoms with van der Waals surface area (Å²) >= 11 is 5.93. The van der Waals surface area contributed by atoms with Gasteiger partial charge in [0.05, 0.1) is 5.92 Å². The van der Waals surface area contributed by atoms with Crippen LogP contribution in [0.15, 0.2) is 18.2 Å². The summed E-state index contributed by atoms with van der Waals surface area (Å²) in [6, 6.07) is 5.10. The minimum absolute atomic E-state index is 0.0626. The van der Waals surface area contributed by atoms with Crippen molar-refractivity contribution in [3.63, 3.8) is 0 Å². The SMILES string of the molecule is C[C@@H]1CN(C(=O)[C@@H]2CN(C(C)(C)C)C[C@H]2c2ccc(Cl)cc2F)CCN1. The summed E-state index contributed by atoms with van der Waals surface area (Å²) in [5.74, 6) is -0.548. The highest BCUT2D eigenvalue weighted by Crippen LogP contribution is 2.38. The number of nitrogens with one attached hydrogen (secondary N) is 1. The summed E-state index contributed by atoms with van der Waals surface area (Å²) in [7, 11) is 0. The Balaban J connectivity index is 1.89. The Morgan fingerprint density at radius 1 is 1.27 bits per heavy atom. The Kier molecular flexibility index (Phi) is 5.61. The fourth-order valence-electron chi connectivity index (χ4n) is 4.09. The van der Waals surface area contributed by atoms with Crippen molar-refractivity contribution < 1.29 is 9.18 Å². The monoisotopic (exact) mass is 381 g/mol. The van der Waals surface area contributed by atoms with Gasteiger partial charge in [-0.2, -0.15) is 0 Å². The number of rotatable bonds is 2. The summed E-state index contributed by atoms with van der Waals surface area (Å²) in [4.78, 5) is 17.5. The lowest BCUT2D eigenvalue weighted by molar-refractivity contribution is -0.136. The Hall–Kier alpha value is -1.17. The molecule has 2 heterocycles. The molecule has 0 aromatic heterocycles. The molecule has 3 atom stereocenters. The van der Waals surface area contributed by atoms with Gasteiger partial charge in [0, 0.05) is 55.2 Å². The Morgan fingerprint density at radius 3 is 2.62 bits per heavy atom. The molecule has 2 aliphatic rings. The normalized spacial score (nSPS) is 27.8. The zero-order chi connectivity index (χ0) is 19.1. The average Bonchev–Trinajstić information content (AvgIpc) is 2.99. The van der Waals surface area contributed by atoms with Crippen molar-refractivity contribution in [1.29, 1.82) is 0 Å². The van der Waals surface area contributed by atoms with Crippen LogP contribution >= 0.6 is 11.6 Å². The van der Waals surface area contributed by atoms with Gasteiger partial charge in [0.25, 0.3) is 0 Å². The van der Waals surface area contributed by atoms with E-state index in [4.69, 9.17) is 11.6 Å². The number of halogens is 2. The largest absolute Gasteiger partial charge is 0.340 e. The maximum atomic E-state index is 14.6. The van der Waals surface area contributed by atoms with Gasteiger partial charge >= 0.3 is 0 Å². The van der Waals surface area contributed by atoms with Crippen LogP contribution in [0.4, 0.5) is 4.39 Å². The summed E-state index contributed by atoms with van der Waals surface area (Å²) in [5, 5.41) is 3.75. The number of amides is 1. The fraction of sp³-hybridized carbons (Fsp3) is 0.650. The van der Waals surface area contributed by atoms with Crippen LogP contribution in [0.2, 0.25) is 5.02 Å². The maximum Gasteiger partial charge on any atom is 0.227 e. The second kappa shape index (κ2) is 7.45. The van der Waals surface area contributed by atoms with Crippen molar-refractivity contribution in [1.82, 2.24) is 15.1 Å². The topological polar surface area (TPSA) is 35.6 Å². The molecule has 3 rings (SSSR count). The van der Waals surface area contributed by atoms with Crippen LogP contribution in [0.1, 0.15) is 39.2 Å². The van der Waals surface area contributed by atoms with Crippen LogP contribution in [0.25, 0.3) is 0 Å². The third-order valence-corrected chi connectivity index (χ3v) is 5.86. The fourth-order valence-corrected chi connectivity index (χ4v) is 4.24. The number of likely N-dealkylation sites (tertiary alicyclic amines) is 1. The molecule has 2 saturated heterocycles. The summed E-state index contributed by atoms with van der Waals surface area (Å²) in [6.07, 6.45) is 0. The standard InChI is InChI=1S/C20H29ClFN3O/c1-13-10-24(8-7-23-13)19(26)17-12-25(20(2,3)4)11-16(17)15-6-5-14(21)9-18(15)22/h5-6,9,13,16-17,23H,7-8,10-12H2,1-4H3/t13-,16+,17-/m1/s1. The minimum Gasteiger partial charge on any atom is -0.340 e. The Morgan fingerprint density at radius 2 is 2.00 bits per heavy atom. The van der Waals surface area contributed by atoms with Crippen LogP contribution in [0.3, 0.4) is 0 Å². The molecule has 0 saturated carbocycles. The van der Waals surface area contributed by atoms with E-state index in [1.165, 1.54) is 6.07 Å². The third kappa shape index (κ3) is 4.05. The van der Waals surface area contributed by atoms with Crippen molar-refractivity contribution in [2.45, 2.75) is 45.2 Å². The average molecular weight is 382 g/mol. The molecule has 0 unspecified atom stereocenters. The number of carbonyl (C=O) groups excluding carboxylic acids is 1. The molecular formula is C20H29ClFN3O. The van der Waals surface area contributed by atoms with Crippen molar-refractivity contribution in [3.8, 4) is 0 Å². The Bertz CT molecular complexity index is 676. The van der Waals surface area contributed by atoms with Crippen molar-refractivity contribution in [2.24, 2.45) is 5.92 Å². The molecule has 0 spiro atoms. The molecule has 1 amide bonds. The maximum absolute atomic E-state index is 14.6. The van der Waals surface area contributed by atoms with E-state index in [0.717, 1.165) is 6.54 Å². The first kappa shape index (κ1) is 19.6. The van der Waals surface area contributed by atoms with E-state index in [2.05, 4.69) is 37.9 Å². The lowest BCUT2D eigenvalue weighted by atomic mass is 9.87. The van der Waals surface area contributed by atoms with E-state index in [1.807, 2.05) is 4.90 Å². The number of nitrogens with zero attached hydrogens (tertiary/aromatic N) is 2. The second-order valence-corrected chi connectivity index (χ2v) is 9.03. The molecule has 0 aliphatic carbocycles. The van der Waals surface area contributed by atoms with Crippen LogP contribution < -0.4 is 5.32 Å². The first-order valence-electron chi connectivity index (χ1n) is 9.39. The Labute approximate surface area is 160 Å². The number of carbonyl (C=O) groups is 1. The highest BCUT2D eigenvalue weighted by Gasteiger charge is 2.44. The lowest BCUT2D eigenvalue weighted by Crippen LogP contribution is -2.53. The first-order chi connectivity index (χ1) is 12.2. The molecule has 1 N–H and O–H groups in total. The first-order valence-corrected chi connectivity index (χ1v) is 9.77. The molecule has 0 bridgehead atoms. The van der Waals surface area contributed by atoms with Gasteiger partial charge in [-0.25, -0.2) is 4.39 Å². The summed E-state index contributed by atoms with van der Waals surface area (Å²) in [5.41, 5.74) is 0.537. The van der Waals surface area contributed by atoms with Gasteiger partial charge in [0.1, 0.15) is 5.82 Å². The van der Waals surface area contributed by atoms with Gasteiger partial charge in [-0.1, -0.05) is 17.7 Å². The summed E-state index contributed by atoms with van der Waals surface area (Å²) < 4.78 is 14.6. The van der Waals surface area contributed by atoms with E-state index in [-0.39, 0.29) is 29.1 Å². The minimum atomic E-state index is -0.315. The van der Waals surface area contributed by atoms with Gasteiger partial charge in [-0.3, -0.25) is 9.69 Å². The van der Waals surface area contributed by atoms with E-state index < -0.39 is 0 Å². The molecular weight excluding hydrogens is 353 g/mol. The predicted octanol–water partition coefficient (Wildman–Crippen LogP) is 3.11. The molecule has 1 aromatic carbocycles. The van der Waals surface area contributed by atoms with E-state index in [0.29, 0.717) is 42.8 Å². The van der Waals surface area contributed by atoms with E-state index >= 15 is 0 Å². The van der Waals surface area contributed by atoms with Crippen LogP contribution in [0.5, 0.6) is 0 Å². The number of benzene rings is 1. The second-order valence-electron chi connectivity index (χ2n) is 8.59. The molecule has 26 heavy (non-hydrogen) atoms. The molecule has 1 aromatic rings. The summed E-state index contributed by atoms with van der Waals surface area (Å²) in [6.45, 7) is 12.1. The quantitative estimate of drug-likeness (QED) is 0.855. The van der Waals surface area contributed by atoms with Gasteiger partial charge in [0.2, 0.25) is 5.91 Å². The molecule has 2 aliphatic heterocycles.